The number of fused-ring (bicyclic) bond motifs is 1. The van der Waals surface area contributed by atoms with Crippen molar-refractivity contribution in [3.63, 3.8) is 0 Å². The van der Waals surface area contributed by atoms with Gasteiger partial charge in [0.25, 0.3) is 15.9 Å². The molecule has 1 heterocycles. The largest absolute Gasteiger partial charge is 0.476 e. The van der Waals surface area contributed by atoms with E-state index in [0.717, 1.165) is 5.56 Å². The first-order chi connectivity index (χ1) is 14.4. The summed E-state index contributed by atoms with van der Waals surface area (Å²) in [5, 5.41) is 3.32. The normalized spacial score (nSPS) is 15.8. The second-order valence-corrected chi connectivity index (χ2v) is 9.09. The Morgan fingerprint density at radius 3 is 2.50 bits per heavy atom. The number of carbonyl (C=O) groups excluding carboxylic acids is 1. The smallest absolute Gasteiger partial charge is 0.267 e. The number of para-hydroxylation sites is 2. The molecule has 0 spiro atoms. The molecular formula is C22H19ClN2O4S. The molecule has 154 valence electrons. The number of hydrogen-bond acceptors (Lipinski definition) is 4. The Morgan fingerprint density at radius 1 is 1.03 bits per heavy atom. The van der Waals surface area contributed by atoms with E-state index in [1.807, 2.05) is 0 Å². The molecule has 0 saturated carbocycles. The van der Waals surface area contributed by atoms with Gasteiger partial charge in [0, 0.05) is 10.7 Å². The second kappa shape index (κ2) is 8.01. The predicted octanol–water partition coefficient (Wildman–Crippen LogP) is 4.24. The summed E-state index contributed by atoms with van der Waals surface area (Å²) in [5.74, 6) is -0.130. The number of halogens is 1. The molecule has 0 bridgehead atoms. The lowest BCUT2D eigenvalue weighted by Gasteiger charge is -2.34. The van der Waals surface area contributed by atoms with Gasteiger partial charge in [-0.05, 0) is 48.9 Å². The highest BCUT2D eigenvalue weighted by molar-refractivity contribution is 7.92. The van der Waals surface area contributed by atoms with E-state index in [1.165, 1.54) is 16.4 Å². The fourth-order valence-electron chi connectivity index (χ4n) is 3.24. The molecule has 1 aliphatic rings. The van der Waals surface area contributed by atoms with E-state index in [1.54, 1.807) is 67.6 Å². The van der Waals surface area contributed by atoms with Crippen LogP contribution in [0.25, 0.3) is 0 Å². The Balaban J connectivity index is 1.68. The van der Waals surface area contributed by atoms with E-state index in [2.05, 4.69) is 5.32 Å². The van der Waals surface area contributed by atoms with Crippen LogP contribution in [0, 0.1) is 6.92 Å². The molecular weight excluding hydrogens is 424 g/mol. The van der Waals surface area contributed by atoms with Gasteiger partial charge < -0.3 is 10.1 Å². The van der Waals surface area contributed by atoms with Crippen LogP contribution in [0.15, 0.2) is 77.7 Å². The number of anilines is 2. The highest BCUT2D eigenvalue weighted by atomic mass is 35.5. The van der Waals surface area contributed by atoms with E-state index >= 15 is 0 Å². The van der Waals surface area contributed by atoms with Crippen molar-refractivity contribution in [2.24, 2.45) is 0 Å². The maximum absolute atomic E-state index is 13.3. The average Bonchev–Trinajstić information content (AvgIpc) is 2.76. The third-order valence-electron chi connectivity index (χ3n) is 4.88. The van der Waals surface area contributed by atoms with Gasteiger partial charge >= 0.3 is 0 Å². The number of hydrogen-bond donors (Lipinski definition) is 1. The minimum absolute atomic E-state index is 0.145. The molecule has 0 fully saturated rings. The third kappa shape index (κ3) is 3.74. The van der Waals surface area contributed by atoms with E-state index in [0.29, 0.717) is 22.1 Å². The predicted molar refractivity (Wildman–Crippen MR) is 117 cm³/mol. The quantitative estimate of drug-likeness (QED) is 0.655. The van der Waals surface area contributed by atoms with Crippen molar-refractivity contribution in [3.8, 4) is 5.75 Å². The van der Waals surface area contributed by atoms with Crippen molar-refractivity contribution in [2.75, 3.05) is 16.2 Å². The van der Waals surface area contributed by atoms with Gasteiger partial charge in [-0.1, -0.05) is 48.0 Å². The van der Waals surface area contributed by atoms with Crippen LogP contribution >= 0.6 is 11.6 Å². The van der Waals surface area contributed by atoms with E-state index in [4.69, 9.17) is 16.3 Å². The molecule has 0 aliphatic carbocycles. The molecule has 1 aliphatic heterocycles. The molecule has 0 aromatic heterocycles. The van der Waals surface area contributed by atoms with Crippen LogP contribution in [-0.4, -0.2) is 27.0 Å². The average molecular weight is 443 g/mol. The maximum atomic E-state index is 13.3. The molecule has 8 heteroatoms. The summed E-state index contributed by atoms with van der Waals surface area (Å²) in [5.41, 5.74) is 1.66. The van der Waals surface area contributed by atoms with Gasteiger partial charge in [0.2, 0.25) is 0 Å². The number of rotatable bonds is 4. The molecule has 1 amide bonds. The number of amides is 1. The highest BCUT2D eigenvalue weighted by Crippen LogP contribution is 2.37. The van der Waals surface area contributed by atoms with Gasteiger partial charge in [-0.15, -0.1) is 0 Å². The molecule has 6 nitrogen and oxygen atoms in total. The Kier molecular flexibility index (Phi) is 5.40. The summed E-state index contributed by atoms with van der Waals surface area (Å²) in [6.45, 7) is 1.64. The van der Waals surface area contributed by atoms with Crippen molar-refractivity contribution >= 4 is 38.9 Å². The lowest BCUT2D eigenvalue weighted by Crippen LogP contribution is -2.48. The lowest BCUT2D eigenvalue weighted by atomic mass is 10.1. The summed E-state index contributed by atoms with van der Waals surface area (Å²) in [6.07, 6.45) is -1.03. The first-order valence-corrected chi connectivity index (χ1v) is 11.1. The Hall–Kier alpha value is -3.03. The van der Waals surface area contributed by atoms with E-state index in [9.17, 15) is 13.2 Å². The van der Waals surface area contributed by atoms with Crippen molar-refractivity contribution in [1.29, 1.82) is 0 Å². The van der Waals surface area contributed by atoms with Crippen molar-refractivity contribution in [1.82, 2.24) is 0 Å². The SMILES string of the molecule is Cc1c(Cl)cccc1NC(=O)[C@@H]1CN(S(=O)(=O)c2ccccc2)c2ccccc2O1. The van der Waals surface area contributed by atoms with Crippen LogP contribution in [0.4, 0.5) is 11.4 Å². The molecule has 3 aromatic carbocycles. The topological polar surface area (TPSA) is 75.7 Å². The second-order valence-electron chi connectivity index (χ2n) is 6.83. The zero-order valence-corrected chi connectivity index (χ0v) is 17.7. The van der Waals surface area contributed by atoms with E-state index < -0.39 is 22.0 Å². The number of carbonyl (C=O) groups is 1. The maximum Gasteiger partial charge on any atom is 0.267 e. The molecule has 1 atom stereocenters. The molecule has 0 unspecified atom stereocenters. The molecule has 1 N–H and O–H groups in total. The number of nitrogens with one attached hydrogen (secondary N) is 1. The van der Waals surface area contributed by atoms with Gasteiger partial charge in [0.15, 0.2) is 6.10 Å². The summed E-state index contributed by atoms with van der Waals surface area (Å²) < 4.78 is 33.7. The van der Waals surface area contributed by atoms with Crippen molar-refractivity contribution in [2.45, 2.75) is 17.9 Å². The Morgan fingerprint density at radius 2 is 1.73 bits per heavy atom. The first-order valence-electron chi connectivity index (χ1n) is 9.27. The molecule has 0 radical (unpaired) electrons. The zero-order chi connectivity index (χ0) is 21.3. The van der Waals surface area contributed by atoms with Crippen LogP contribution in [0.2, 0.25) is 5.02 Å². The minimum Gasteiger partial charge on any atom is -0.476 e. The lowest BCUT2D eigenvalue weighted by molar-refractivity contribution is -0.122. The molecule has 30 heavy (non-hydrogen) atoms. The molecule has 4 rings (SSSR count). The number of benzene rings is 3. The third-order valence-corrected chi connectivity index (χ3v) is 7.09. The number of sulfonamides is 1. The van der Waals surface area contributed by atoms with Crippen molar-refractivity contribution in [3.05, 3.63) is 83.4 Å². The summed E-state index contributed by atoms with van der Waals surface area (Å²) >= 11 is 6.13. The van der Waals surface area contributed by atoms with Gasteiger partial charge in [-0.25, -0.2) is 8.42 Å². The highest BCUT2D eigenvalue weighted by Gasteiger charge is 2.37. The first kappa shape index (κ1) is 20.3. The van der Waals surface area contributed by atoms with Crippen LogP contribution < -0.4 is 14.4 Å². The standard InChI is InChI=1S/C22H19ClN2O4S/c1-15-17(23)10-7-11-18(15)24-22(26)21-14-25(19-12-5-6-13-20(19)29-21)30(27,28)16-8-3-2-4-9-16/h2-13,21H,14H2,1H3,(H,24,26)/t21-/m0/s1. The number of nitrogens with zero attached hydrogens (tertiary/aromatic N) is 1. The monoisotopic (exact) mass is 442 g/mol. The summed E-state index contributed by atoms with van der Waals surface area (Å²) in [7, 11) is -3.88. The van der Waals surface area contributed by atoms with Gasteiger partial charge in [0.1, 0.15) is 5.75 Å². The van der Waals surface area contributed by atoms with Crippen LogP contribution in [0.3, 0.4) is 0 Å². The minimum atomic E-state index is -3.88. The van der Waals surface area contributed by atoms with Gasteiger partial charge in [-0.3, -0.25) is 9.10 Å². The Bertz CT molecular complexity index is 1200. The van der Waals surface area contributed by atoms with Crippen molar-refractivity contribution < 1.29 is 17.9 Å². The fraction of sp³-hybridized carbons (Fsp3) is 0.136. The summed E-state index contributed by atoms with van der Waals surface area (Å²) in [4.78, 5) is 13.1. The summed E-state index contributed by atoms with van der Waals surface area (Å²) in [6, 6.07) is 20.1. The fourth-order valence-corrected chi connectivity index (χ4v) is 4.91. The van der Waals surface area contributed by atoms with Crippen LogP contribution in [-0.2, 0) is 14.8 Å². The van der Waals surface area contributed by atoms with Gasteiger partial charge in [0.05, 0.1) is 17.1 Å². The van der Waals surface area contributed by atoms with Crippen LogP contribution in [0.1, 0.15) is 5.56 Å². The Labute approximate surface area is 180 Å². The molecule has 3 aromatic rings. The van der Waals surface area contributed by atoms with E-state index in [-0.39, 0.29) is 11.4 Å². The zero-order valence-electron chi connectivity index (χ0n) is 16.1. The number of ether oxygens (including phenoxy) is 1. The van der Waals surface area contributed by atoms with Crippen LogP contribution in [0.5, 0.6) is 5.75 Å². The molecule has 0 saturated heterocycles. The van der Waals surface area contributed by atoms with Gasteiger partial charge in [-0.2, -0.15) is 0 Å².